The van der Waals surface area contributed by atoms with Gasteiger partial charge in [0, 0.05) is 17.0 Å². The molecule has 0 aliphatic heterocycles. The van der Waals surface area contributed by atoms with E-state index in [-0.39, 0.29) is 0 Å². The first-order chi connectivity index (χ1) is 12.8. The molecule has 0 fully saturated rings. The zero-order chi connectivity index (χ0) is 19.6. The van der Waals surface area contributed by atoms with Crippen LogP contribution in [0.1, 0.15) is 12.5 Å². The van der Waals surface area contributed by atoms with Gasteiger partial charge in [0.2, 0.25) is 9.84 Å². The predicted molar refractivity (Wildman–Crippen MR) is 99.6 cm³/mol. The lowest BCUT2D eigenvalue weighted by atomic mass is 10.1. The number of benzene rings is 2. The fourth-order valence-electron chi connectivity index (χ4n) is 2.55. The van der Waals surface area contributed by atoms with E-state index in [1.165, 1.54) is 36.0 Å². The highest BCUT2D eigenvalue weighted by atomic mass is 32.2. The second kappa shape index (κ2) is 7.77. The summed E-state index contributed by atoms with van der Waals surface area (Å²) in [6.45, 7) is 4.63. The highest BCUT2D eigenvalue weighted by Crippen LogP contribution is 2.31. The van der Waals surface area contributed by atoms with Crippen LogP contribution in [0.15, 0.2) is 63.5 Å². The van der Waals surface area contributed by atoms with Gasteiger partial charge in [-0.1, -0.05) is 23.8 Å². The molecule has 0 aliphatic carbocycles. The standard InChI is InChI=1S/C18H17F2N3O2S2/c1-3-23-16(13-6-4-5-12(2)11-13)21-22-18(23)26-14-7-9-15(10-8-14)27(24,25)17(19)20/h4-11,17H,3H2,1-2H3. The number of rotatable bonds is 6. The molecule has 0 N–H and O–H groups in total. The minimum absolute atomic E-state index is 0.403. The average molecular weight is 409 g/mol. The Labute approximate surface area is 160 Å². The van der Waals surface area contributed by atoms with E-state index in [0.717, 1.165) is 17.0 Å². The topological polar surface area (TPSA) is 64.8 Å². The molecule has 1 heterocycles. The molecule has 0 atom stereocenters. The lowest BCUT2D eigenvalue weighted by Gasteiger charge is -2.08. The van der Waals surface area contributed by atoms with Crippen molar-refractivity contribution < 1.29 is 17.2 Å². The average Bonchev–Trinajstić information content (AvgIpc) is 3.04. The number of nitrogens with zero attached hydrogens (tertiary/aromatic N) is 3. The summed E-state index contributed by atoms with van der Waals surface area (Å²) in [5.74, 6) is -2.70. The van der Waals surface area contributed by atoms with Crippen molar-refractivity contribution in [2.45, 2.75) is 41.1 Å². The Morgan fingerprint density at radius 1 is 1.11 bits per heavy atom. The number of halogens is 2. The maximum absolute atomic E-state index is 12.6. The Hall–Kier alpha value is -2.26. The number of sulfone groups is 1. The summed E-state index contributed by atoms with van der Waals surface area (Å²) >= 11 is 1.29. The minimum atomic E-state index is -4.59. The van der Waals surface area contributed by atoms with E-state index in [1.54, 1.807) is 0 Å². The summed E-state index contributed by atoms with van der Waals surface area (Å²) in [5.41, 5.74) is 2.07. The summed E-state index contributed by atoms with van der Waals surface area (Å²) in [7, 11) is -4.59. The van der Waals surface area contributed by atoms with Crippen LogP contribution in [-0.4, -0.2) is 28.9 Å². The molecule has 9 heteroatoms. The lowest BCUT2D eigenvalue weighted by molar-refractivity contribution is 0.234. The van der Waals surface area contributed by atoms with E-state index in [4.69, 9.17) is 0 Å². The Balaban J connectivity index is 1.89. The molecular weight excluding hydrogens is 392 g/mol. The van der Waals surface area contributed by atoms with Crippen molar-refractivity contribution in [2.24, 2.45) is 0 Å². The number of aromatic nitrogens is 3. The van der Waals surface area contributed by atoms with Crippen molar-refractivity contribution in [3.05, 3.63) is 54.1 Å². The van der Waals surface area contributed by atoms with Crippen LogP contribution in [0.3, 0.4) is 0 Å². The van der Waals surface area contributed by atoms with Crippen LogP contribution in [0.5, 0.6) is 0 Å². The van der Waals surface area contributed by atoms with Crippen LogP contribution in [0.25, 0.3) is 11.4 Å². The Kier molecular flexibility index (Phi) is 5.61. The smallest absolute Gasteiger partial charge is 0.302 e. The number of aryl methyl sites for hydroxylation is 1. The molecule has 0 bridgehead atoms. The third-order valence-electron chi connectivity index (χ3n) is 3.91. The van der Waals surface area contributed by atoms with Crippen molar-refractivity contribution >= 4 is 21.6 Å². The van der Waals surface area contributed by atoms with E-state index in [9.17, 15) is 17.2 Å². The first-order valence-corrected chi connectivity index (χ1v) is 10.5. The molecule has 3 aromatic rings. The molecule has 0 saturated heterocycles. The fraction of sp³-hybridized carbons (Fsp3) is 0.222. The largest absolute Gasteiger partial charge is 0.341 e. The number of alkyl halides is 2. The van der Waals surface area contributed by atoms with Crippen LogP contribution in [0.4, 0.5) is 8.78 Å². The van der Waals surface area contributed by atoms with E-state index in [0.29, 0.717) is 16.6 Å². The van der Waals surface area contributed by atoms with Crippen molar-refractivity contribution in [3.63, 3.8) is 0 Å². The molecule has 0 aliphatic rings. The fourth-order valence-corrected chi connectivity index (χ4v) is 4.16. The van der Waals surface area contributed by atoms with E-state index in [2.05, 4.69) is 10.2 Å². The van der Waals surface area contributed by atoms with Gasteiger partial charge in [-0.15, -0.1) is 10.2 Å². The monoisotopic (exact) mass is 409 g/mol. The van der Waals surface area contributed by atoms with Gasteiger partial charge in [0.15, 0.2) is 11.0 Å². The minimum Gasteiger partial charge on any atom is -0.302 e. The Morgan fingerprint density at radius 2 is 1.81 bits per heavy atom. The van der Waals surface area contributed by atoms with Crippen LogP contribution >= 0.6 is 11.8 Å². The maximum Gasteiger partial charge on any atom is 0.341 e. The number of hydrogen-bond acceptors (Lipinski definition) is 5. The van der Waals surface area contributed by atoms with Crippen molar-refractivity contribution in [1.29, 1.82) is 0 Å². The molecule has 142 valence electrons. The lowest BCUT2D eigenvalue weighted by Crippen LogP contribution is -2.11. The molecule has 2 aromatic carbocycles. The molecule has 27 heavy (non-hydrogen) atoms. The molecule has 0 unspecified atom stereocenters. The Bertz CT molecular complexity index is 1050. The zero-order valence-corrected chi connectivity index (χ0v) is 16.3. The second-order valence-corrected chi connectivity index (χ2v) is 8.76. The highest BCUT2D eigenvalue weighted by molar-refractivity contribution is 7.99. The molecule has 0 saturated carbocycles. The van der Waals surface area contributed by atoms with Gasteiger partial charge in [0.1, 0.15) is 0 Å². The van der Waals surface area contributed by atoms with Gasteiger partial charge in [0.05, 0.1) is 4.90 Å². The van der Waals surface area contributed by atoms with Crippen LogP contribution < -0.4 is 0 Å². The zero-order valence-electron chi connectivity index (χ0n) is 14.6. The first-order valence-electron chi connectivity index (χ1n) is 8.13. The molecule has 0 spiro atoms. The summed E-state index contributed by atoms with van der Waals surface area (Å²) in [6, 6.07) is 13.3. The molecule has 3 rings (SSSR count). The predicted octanol–water partition coefficient (Wildman–Crippen LogP) is 4.42. The van der Waals surface area contributed by atoms with Crippen LogP contribution in [-0.2, 0) is 16.4 Å². The third-order valence-corrected chi connectivity index (χ3v) is 6.30. The SMILES string of the molecule is CCn1c(Sc2ccc(S(=O)(=O)C(F)F)cc2)nnc1-c1cccc(C)c1. The van der Waals surface area contributed by atoms with Gasteiger partial charge >= 0.3 is 5.76 Å². The molecule has 1 aromatic heterocycles. The van der Waals surface area contributed by atoms with E-state index < -0.39 is 20.5 Å². The van der Waals surface area contributed by atoms with Gasteiger partial charge in [-0.25, -0.2) is 8.42 Å². The second-order valence-electron chi connectivity index (χ2n) is 5.80. The maximum atomic E-state index is 12.6. The summed E-state index contributed by atoms with van der Waals surface area (Å²) in [5, 5.41) is 9.13. The van der Waals surface area contributed by atoms with Gasteiger partial charge in [-0.3, -0.25) is 0 Å². The Morgan fingerprint density at radius 3 is 2.41 bits per heavy atom. The molecule has 0 radical (unpaired) electrons. The summed E-state index contributed by atoms with van der Waals surface area (Å²) in [4.78, 5) is 0.278. The van der Waals surface area contributed by atoms with Crippen molar-refractivity contribution in [2.75, 3.05) is 0 Å². The van der Waals surface area contributed by atoms with Crippen LogP contribution in [0, 0.1) is 6.92 Å². The molecule has 5 nitrogen and oxygen atoms in total. The van der Waals surface area contributed by atoms with Crippen LogP contribution in [0.2, 0.25) is 0 Å². The van der Waals surface area contributed by atoms with Gasteiger partial charge in [0.25, 0.3) is 0 Å². The third kappa shape index (κ3) is 4.03. The van der Waals surface area contributed by atoms with Gasteiger partial charge in [-0.05, 0) is 55.9 Å². The van der Waals surface area contributed by atoms with Gasteiger partial charge in [-0.2, -0.15) is 8.78 Å². The quantitative estimate of drug-likeness (QED) is 0.603. The van der Waals surface area contributed by atoms with E-state index in [1.807, 2.05) is 42.7 Å². The molecular formula is C18H17F2N3O2S2. The van der Waals surface area contributed by atoms with Crippen molar-refractivity contribution in [1.82, 2.24) is 14.8 Å². The normalized spacial score (nSPS) is 11.9. The molecule has 0 amide bonds. The first kappa shape index (κ1) is 19.5. The summed E-state index contributed by atoms with van der Waals surface area (Å²) in [6.07, 6.45) is 0. The number of hydrogen-bond donors (Lipinski definition) is 0. The van der Waals surface area contributed by atoms with Gasteiger partial charge < -0.3 is 4.57 Å². The van der Waals surface area contributed by atoms with Crippen molar-refractivity contribution in [3.8, 4) is 11.4 Å². The highest BCUT2D eigenvalue weighted by Gasteiger charge is 2.26. The van der Waals surface area contributed by atoms with E-state index >= 15 is 0 Å². The summed E-state index contributed by atoms with van der Waals surface area (Å²) < 4.78 is 50.2.